The summed E-state index contributed by atoms with van der Waals surface area (Å²) in [4.78, 5) is 35.2. The van der Waals surface area contributed by atoms with Gasteiger partial charge in [-0.2, -0.15) is 0 Å². The second kappa shape index (κ2) is 34.0. The topological polar surface area (TPSA) is 108 Å². The summed E-state index contributed by atoms with van der Waals surface area (Å²) in [5, 5.41) is 0. The lowest BCUT2D eigenvalue weighted by molar-refractivity contribution is -0.870. The minimum atomic E-state index is -4.37. The maximum absolute atomic E-state index is 12.6. The first-order chi connectivity index (χ1) is 24.5. The summed E-state index contributed by atoms with van der Waals surface area (Å²) in [6.45, 7) is 4.32. The Balaban J connectivity index is 4.45. The van der Waals surface area contributed by atoms with Crippen molar-refractivity contribution in [3.05, 3.63) is 36.5 Å². The molecule has 1 N–H and O–H groups in total. The van der Waals surface area contributed by atoms with Crippen LogP contribution in [0.1, 0.15) is 162 Å². The first-order valence-corrected chi connectivity index (χ1v) is 21.7. The molecule has 0 fully saturated rings. The number of phosphoric ester groups is 1. The van der Waals surface area contributed by atoms with E-state index in [1.54, 1.807) is 0 Å². The molecule has 298 valence electrons. The first-order valence-electron chi connectivity index (χ1n) is 20.2. The molecule has 1 unspecified atom stereocenters. The van der Waals surface area contributed by atoms with Crippen molar-refractivity contribution >= 4 is 19.8 Å². The number of phosphoric acid groups is 1. The number of carbonyl (C=O) groups is 2. The van der Waals surface area contributed by atoms with Gasteiger partial charge in [-0.3, -0.25) is 18.6 Å². The Morgan fingerprint density at radius 1 is 0.608 bits per heavy atom. The van der Waals surface area contributed by atoms with Crippen LogP contribution in [0.3, 0.4) is 0 Å². The summed E-state index contributed by atoms with van der Waals surface area (Å²) in [6.07, 6.45) is 36.1. The van der Waals surface area contributed by atoms with Gasteiger partial charge < -0.3 is 18.9 Å². The van der Waals surface area contributed by atoms with Crippen molar-refractivity contribution in [2.75, 3.05) is 47.5 Å². The number of hydrogen-bond donors (Lipinski definition) is 1. The molecule has 0 saturated carbocycles. The Hall–Kier alpha value is -1.77. The van der Waals surface area contributed by atoms with E-state index in [-0.39, 0.29) is 32.0 Å². The highest BCUT2D eigenvalue weighted by molar-refractivity contribution is 7.47. The Bertz CT molecular complexity index is 975. The van der Waals surface area contributed by atoms with E-state index < -0.39 is 26.5 Å². The number of rotatable bonds is 36. The van der Waals surface area contributed by atoms with Gasteiger partial charge in [-0.1, -0.05) is 121 Å². The Morgan fingerprint density at radius 2 is 1.08 bits per heavy atom. The zero-order valence-corrected chi connectivity index (χ0v) is 34.2. The smallest absolute Gasteiger partial charge is 0.462 e. The minimum Gasteiger partial charge on any atom is -0.462 e. The van der Waals surface area contributed by atoms with Crippen LogP contribution in [-0.2, 0) is 32.7 Å². The number of hydrogen-bond acceptors (Lipinski definition) is 7. The molecule has 51 heavy (non-hydrogen) atoms. The van der Waals surface area contributed by atoms with Gasteiger partial charge in [0.25, 0.3) is 0 Å². The van der Waals surface area contributed by atoms with E-state index in [0.717, 1.165) is 77.0 Å². The van der Waals surface area contributed by atoms with Crippen molar-refractivity contribution in [1.82, 2.24) is 0 Å². The maximum Gasteiger partial charge on any atom is 0.472 e. The van der Waals surface area contributed by atoms with Gasteiger partial charge >= 0.3 is 19.8 Å². The molecule has 0 heterocycles. The molecule has 0 aliphatic heterocycles. The van der Waals surface area contributed by atoms with E-state index in [0.29, 0.717) is 17.4 Å². The molecule has 0 aromatic carbocycles. The molecule has 0 bridgehead atoms. The largest absolute Gasteiger partial charge is 0.472 e. The summed E-state index contributed by atoms with van der Waals surface area (Å²) in [6, 6.07) is 0. The summed E-state index contributed by atoms with van der Waals surface area (Å²) < 4.78 is 34.2. The van der Waals surface area contributed by atoms with Crippen molar-refractivity contribution in [3.63, 3.8) is 0 Å². The highest BCUT2D eigenvalue weighted by Crippen LogP contribution is 2.43. The average molecular weight is 743 g/mol. The van der Waals surface area contributed by atoms with Gasteiger partial charge in [0.1, 0.15) is 19.8 Å². The van der Waals surface area contributed by atoms with E-state index in [1.807, 2.05) is 21.1 Å². The van der Waals surface area contributed by atoms with Crippen molar-refractivity contribution < 1.29 is 42.1 Å². The molecule has 0 amide bonds. The maximum atomic E-state index is 12.6. The Morgan fingerprint density at radius 3 is 1.63 bits per heavy atom. The van der Waals surface area contributed by atoms with Crippen LogP contribution < -0.4 is 0 Å². The van der Waals surface area contributed by atoms with Gasteiger partial charge in [0.05, 0.1) is 27.7 Å². The van der Waals surface area contributed by atoms with Gasteiger partial charge in [-0.05, 0) is 64.2 Å². The van der Waals surface area contributed by atoms with Crippen molar-refractivity contribution in [2.24, 2.45) is 0 Å². The van der Waals surface area contributed by atoms with Crippen molar-refractivity contribution in [1.29, 1.82) is 0 Å². The number of likely N-dealkylation sites (N-methyl/N-ethyl adjacent to an activating group) is 1. The highest BCUT2D eigenvalue weighted by Gasteiger charge is 2.27. The van der Waals surface area contributed by atoms with Gasteiger partial charge in [0, 0.05) is 12.8 Å². The van der Waals surface area contributed by atoms with Crippen LogP contribution >= 0.6 is 7.82 Å². The average Bonchev–Trinajstić information content (AvgIpc) is 3.07. The summed E-state index contributed by atoms with van der Waals surface area (Å²) in [5.41, 5.74) is 0. The van der Waals surface area contributed by atoms with Crippen LogP contribution in [-0.4, -0.2) is 74.9 Å². The van der Waals surface area contributed by atoms with E-state index >= 15 is 0 Å². The molecule has 0 aliphatic rings. The molecule has 2 atom stereocenters. The first kappa shape index (κ1) is 49.2. The standard InChI is InChI=1S/C41H76NO8P/c1-6-8-10-12-14-16-18-20-22-23-25-27-29-31-33-40(43)47-37-39(38-49-51(45,46)48-36-35-42(3,4)5)50-41(44)34-32-30-28-26-24-21-19-17-15-13-11-9-7-2/h12,14,17-20,39H,6-11,13,15-16,21-38H2,1-5H3/p+1/b14-12-,19-17-,20-18-/t39-/m1/s1. The zero-order chi connectivity index (χ0) is 37.9. The Kier molecular flexibility index (Phi) is 32.8. The van der Waals surface area contributed by atoms with E-state index in [2.05, 4.69) is 50.3 Å². The van der Waals surface area contributed by atoms with Crippen LogP contribution in [0.5, 0.6) is 0 Å². The van der Waals surface area contributed by atoms with Crippen LogP contribution in [0.2, 0.25) is 0 Å². The number of carbonyl (C=O) groups excluding carboxylic acids is 2. The minimum absolute atomic E-state index is 0.0273. The third-order valence-electron chi connectivity index (χ3n) is 8.39. The number of quaternary nitrogens is 1. The fourth-order valence-electron chi connectivity index (χ4n) is 5.14. The van der Waals surface area contributed by atoms with Crippen LogP contribution in [0.4, 0.5) is 0 Å². The summed E-state index contributed by atoms with van der Waals surface area (Å²) in [5.74, 6) is -0.827. The molecule has 0 spiro atoms. The quantitative estimate of drug-likeness (QED) is 0.0222. The van der Waals surface area contributed by atoms with Crippen molar-refractivity contribution in [2.45, 2.75) is 168 Å². The lowest BCUT2D eigenvalue weighted by Crippen LogP contribution is -2.37. The van der Waals surface area contributed by atoms with Crippen molar-refractivity contribution in [3.8, 4) is 0 Å². The van der Waals surface area contributed by atoms with E-state index in [1.165, 1.54) is 51.4 Å². The Labute approximate surface area is 312 Å². The SMILES string of the molecule is CCCC/C=C\C/C=C\CCCCCCCC(=O)OC[C@H](COP(=O)(O)OCC[N+](C)(C)C)OC(=O)CCCCCCC/C=C\CCCCCC. The third kappa shape index (κ3) is 37.8. The third-order valence-corrected chi connectivity index (χ3v) is 9.38. The van der Waals surface area contributed by atoms with Gasteiger partial charge in [0.2, 0.25) is 0 Å². The fourth-order valence-corrected chi connectivity index (χ4v) is 5.88. The second-order valence-corrected chi connectivity index (χ2v) is 16.1. The number of nitrogens with zero attached hydrogens (tertiary/aromatic N) is 1. The number of allylic oxidation sites excluding steroid dienone is 6. The fraction of sp³-hybridized carbons (Fsp3) is 0.805. The molecular weight excluding hydrogens is 665 g/mol. The van der Waals surface area contributed by atoms with Crippen LogP contribution in [0.15, 0.2) is 36.5 Å². The molecule has 0 rings (SSSR count). The van der Waals surface area contributed by atoms with E-state index in [9.17, 15) is 19.0 Å². The molecular formula is C41H77NO8P+. The molecule has 0 aromatic heterocycles. The van der Waals surface area contributed by atoms with Crippen LogP contribution in [0, 0.1) is 0 Å². The highest BCUT2D eigenvalue weighted by atomic mass is 31.2. The number of esters is 2. The zero-order valence-electron chi connectivity index (χ0n) is 33.3. The molecule has 0 saturated heterocycles. The lowest BCUT2D eigenvalue weighted by Gasteiger charge is -2.24. The second-order valence-electron chi connectivity index (χ2n) is 14.7. The summed E-state index contributed by atoms with van der Waals surface area (Å²) in [7, 11) is 1.46. The van der Waals surface area contributed by atoms with Gasteiger partial charge in [-0.15, -0.1) is 0 Å². The number of unbranched alkanes of at least 4 members (excludes halogenated alkanes) is 16. The van der Waals surface area contributed by atoms with Gasteiger partial charge in [-0.25, -0.2) is 4.57 Å². The normalized spacial score (nSPS) is 14.1. The molecule has 0 radical (unpaired) electrons. The lowest BCUT2D eigenvalue weighted by atomic mass is 10.1. The molecule has 10 heteroatoms. The molecule has 0 aromatic rings. The summed E-state index contributed by atoms with van der Waals surface area (Å²) >= 11 is 0. The van der Waals surface area contributed by atoms with E-state index in [4.69, 9.17) is 18.5 Å². The predicted octanol–water partition coefficient (Wildman–Crippen LogP) is 11.0. The monoisotopic (exact) mass is 743 g/mol. The van der Waals surface area contributed by atoms with Gasteiger partial charge in [0.15, 0.2) is 6.10 Å². The molecule has 9 nitrogen and oxygen atoms in total. The predicted molar refractivity (Wildman–Crippen MR) is 210 cm³/mol. The number of ether oxygens (including phenoxy) is 2. The molecule has 0 aliphatic carbocycles. The van der Waals surface area contributed by atoms with Crippen LogP contribution in [0.25, 0.3) is 0 Å².